The summed E-state index contributed by atoms with van der Waals surface area (Å²) < 4.78 is 0. The molecule has 0 radical (unpaired) electrons. The van der Waals surface area contributed by atoms with Crippen molar-refractivity contribution < 1.29 is 9.90 Å². The average molecular weight is 302 g/mol. The van der Waals surface area contributed by atoms with Gasteiger partial charge in [0.15, 0.2) is 0 Å². The van der Waals surface area contributed by atoms with Crippen molar-refractivity contribution in [2.75, 3.05) is 6.54 Å². The van der Waals surface area contributed by atoms with Gasteiger partial charge in [-0.15, -0.1) is 0 Å². The first-order valence-electron chi connectivity index (χ1n) is 7.01. The molecule has 1 unspecified atom stereocenters. The van der Waals surface area contributed by atoms with Gasteiger partial charge >= 0.3 is 0 Å². The molecule has 108 valence electrons. The number of hydrogen-bond donors (Lipinski definition) is 1. The van der Waals surface area contributed by atoms with Gasteiger partial charge < -0.3 is 10.0 Å². The fourth-order valence-electron chi connectivity index (χ4n) is 2.85. The zero-order valence-electron chi connectivity index (χ0n) is 11.5. The second-order valence-corrected chi connectivity index (χ2v) is 5.66. The SMILES string of the molecule is O=C(c1ccccc1O)N1CCCC1c1ccc(Cl)cc1. The van der Waals surface area contributed by atoms with Gasteiger partial charge in [-0.2, -0.15) is 0 Å². The molecule has 3 rings (SSSR count). The second kappa shape index (κ2) is 5.78. The predicted octanol–water partition coefficient (Wildman–Crippen LogP) is 4.02. The fourth-order valence-corrected chi connectivity index (χ4v) is 2.98. The Kier molecular flexibility index (Phi) is 3.84. The van der Waals surface area contributed by atoms with Crippen molar-refractivity contribution in [3.05, 3.63) is 64.7 Å². The molecule has 21 heavy (non-hydrogen) atoms. The van der Waals surface area contributed by atoms with Crippen LogP contribution in [0.3, 0.4) is 0 Å². The molecule has 1 heterocycles. The van der Waals surface area contributed by atoms with E-state index >= 15 is 0 Å². The molecule has 3 nitrogen and oxygen atoms in total. The summed E-state index contributed by atoms with van der Waals surface area (Å²) in [5.41, 5.74) is 1.44. The Morgan fingerprint density at radius 1 is 1.14 bits per heavy atom. The standard InChI is InChI=1S/C17H16ClNO2/c18-13-9-7-12(8-10-13)15-5-3-11-19(15)17(21)14-4-1-2-6-16(14)20/h1-2,4,6-10,15,20H,3,5,11H2. The van der Waals surface area contributed by atoms with E-state index in [2.05, 4.69) is 0 Å². The van der Waals surface area contributed by atoms with E-state index in [1.54, 1.807) is 24.3 Å². The lowest BCUT2D eigenvalue weighted by molar-refractivity contribution is 0.0732. The molecule has 0 aromatic heterocycles. The van der Waals surface area contributed by atoms with Crippen molar-refractivity contribution >= 4 is 17.5 Å². The highest BCUT2D eigenvalue weighted by Crippen LogP contribution is 2.34. The lowest BCUT2D eigenvalue weighted by atomic mass is 10.0. The molecule has 1 aliphatic rings. The molecule has 1 atom stereocenters. The lowest BCUT2D eigenvalue weighted by Crippen LogP contribution is -2.30. The number of phenols is 1. The molecular formula is C17H16ClNO2. The number of carbonyl (C=O) groups is 1. The Labute approximate surface area is 128 Å². The third kappa shape index (κ3) is 2.74. The van der Waals surface area contributed by atoms with Crippen LogP contribution in [0.5, 0.6) is 5.75 Å². The molecule has 0 spiro atoms. The summed E-state index contributed by atoms with van der Waals surface area (Å²) in [5.74, 6) is -0.0881. The van der Waals surface area contributed by atoms with Crippen LogP contribution in [0.1, 0.15) is 34.8 Å². The molecule has 0 bridgehead atoms. The van der Waals surface area contributed by atoms with E-state index in [0.717, 1.165) is 18.4 Å². The number of likely N-dealkylation sites (tertiary alicyclic amines) is 1. The van der Waals surface area contributed by atoms with Crippen molar-refractivity contribution in [3.63, 3.8) is 0 Å². The molecule has 2 aromatic rings. The number of phenolic OH excluding ortho intramolecular Hbond substituents is 1. The maximum absolute atomic E-state index is 12.7. The van der Waals surface area contributed by atoms with E-state index in [4.69, 9.17) is 11.6 Å². The van der Waals surface area contributed by atoms with Crippen molar-refractivity contribution in [1.82, 2.24) is 4.90 Å². The van der Waals surface area contributed by atoms with Crippen molar-refractivity contribution in [2.45, 2.75) is 18.9 Å². The number of rotatable bonds is 2. The van der Waals surface area contributed by atoms with E-state index in [9.17, 15) is 9.90 Å². The zero-order chi connectivity index (χ0) is 14.8. The van der Waals surface area contributed by atoms with Crippen LogP contribution in [0.15, 0.2) is 48.5 Å². The van der Waals surface area contributed by atoms with Gasteiger partial charge in [0.1, 0.15) is 5.75 Å². The molecule has 1 N–H and O–H groups in total. The maximum atomic E-state index is 12.7. The number of carbonyl (C=O) groups excluding carboxylic acids is 1. The molecule has 1 aliphatic heterocycles. The highest BCUT2D eigenvalue weighted by atomic mass is 35.5. The number of aromatic hydroxyl groups is 1. The molecule has 4 heteroatoms. The van der Waals surface area contributed by atoms with Crippen LogP contribution < -0.4 is 0 Å². The molecule has 1 fully saturated rings. The third-order valence-corrected chi connectivity index (χ3v) is 4.15. The quantitative estimate of drug-likeness (QED) is 0.910. The van der Waals surface area contributed by atoms with Crippen molar-refractivity contribution in [2.24, 2.45) is 0 Å². The first-order valence-corrected chi connectivity index (χ1v) is 7.39. The van der Waals surface area contributed by atoms with E-state index in [0.29, 0.717) is 17.1 Å². The van der Waals surface area contributed by atoms with Crippen LogP contribution in [0.4, 0.5) is 0 Å². The fraction of sp³-hybridized carbons (Fsp3) is 0.235. The Balaban J connectivity index is 1.89. The number of benzene rings is 2. The van der Waals surface area contributed by atoms with Crippen LogP contribution in [0.2, 0.25) is 5.02 Å². The number of hydrogen-bond acceptors (Lipinski definition) is 2. The summed E-state index contributed by atoms with van der Waals surface area (Å²) in [4.78, 5) is 14.5. The highest BCUT2D eigenvalue weighted by molar-refractivity contribution is 6.30. The zero-order valence-corrected chi connectivity index (χ0v) is 12.3. The largest absolute Gasteiger partial charge is 0.507 e. The van der Waals surface area contributed by atoms with Crippen LogP contribution in [0.25, 0.3) is 0 Å². The Hall–Kier alpha value is -2.00. The summed E-state index contributed by atoms with van der Waals surface area (Å²) in [5, 5.41) is 10.6. The topological polar surface area (TPSA) is 40.5 Å². The Morgan fingerprint density at radius 3 is 2.57 bits per heavy atom. The lowest BCUT2D eigenvalue weighted by Gasteiger charge is -2.25. The minimum absolute atomic E-state index is 0.0317. The van der Waals surface area contributed by atoms with Crippen molar-refractivity contribution in [3.8, 4) is 5.75 Å². The maximum Gasteiger partial charge on any atom is 0.258 e. The number of nitrogens with zero attached hydrogens (tertiary/aromatic N) is 1. The molecule has 1 saturated heterocycles. The van der Waals surface area contributed by atoms with Gasteiger partial charge in [-0.05, 0) is 42.7 Å². The smallest absolute Gasteiger partial charge is 0.258 e. The average Bonchev–Trinajstić information content (AvgIpc) is 2.97. The molecular weight excluding hydrogens is 286 g/mol. The van der Waals surface area contributed by atoms with E-state index in [1.165, 1.54) is 0 Å². The first kappa shape index (κ1) is 14.0. The number of halogens is 1. The monoisotopic (exact) mass is 301 g/mol. The summed E-state index contributed by atoms with van der Waals surface area (Å²) in [7, 11) is 0. The normalized spacial score (nSPS) is 18.0. The third-order valence-electron chi connectivity index (χ3n) is 3.90. The van der Waals surface area contributed by atoms with Crippen LogP contribution >= 0.6 is 11.6 Å². The second-order valence-electron chi connectivity index (χ2n) is 5.23. The number of amides is 1. The minimum Gasteiger partial charge on any atom is -0.507 e. The summed E-state index contributed by atoms with van der Waals surface area (Å²) >= 11 is 5.92. The van der Waals surface area contributed by atoms with Gasteiger partial charge in [0, 0.05) is 11.6 Å². The Morgan fingerprint density at radius 2 is 1.86 bits per heavy atom. The molecule has 0 saturated carbocycles. The van der Waals surface area contributed by atoms with Gasteiger partial charge in [-0.25, -0.2) is 0 Å². The summed E-state index contributed by atoms with van der Waals surface area (Å²) in [6.07, 6.45) is 1.90. The molecule has 2 aromatic carbocycles. The van der Waals surface area contributed by atoms with Crippen LogP contribution in [-0.4, -0.2) is 22.5 Å². The van der Waals surface area contributed by atoms with Gasteiger partial charge in [-0.3, -0.25) is 4.79 Å². The minimum atomic E-state index is -0.120. The van der Waals surface area contributed by atoms with E-state index < -0.39 is 0 Å². The van der Waals surface area contributed by atoms with Crippen LogP contribution in [-0.2, 0) is 0 Å². The first-order chi connectivity index (χ1) is 10.2. The van der Waals surface area contributed by atoms with Crippen LogP contribution in [0, 0.1) is 0 Å². The van der Waals surface area contributed by atoms with Crippen molar-refractivity contribution in [1.29, 1.82) is 0 Å². The molecule has 0 aliphatic carbocycles. The Bertz CT molecular complexity index is 654. The van der Waals surface area contributed by atoms with Gasteiger partial charge in [0.25, 0.3) is 5.91 Å². The van der Waals surface area contributed by atoms with E-state index in [1.807, 2.05) is 29.2 Å². The van der Waals surface area contributed by atoms with E-state index in [-0.39, 0.29) is 17.7 Å². The van der Waals surface area contributed by atoms with Gasteiger partial charge in [-0.1, -0.05) is 35.9 Å². The molecule has 1 amide bonds. The predicted molar refractivity (Wildman–Crippen MR) is 82.6 cm³/mol. The highest BCUT2D eigenvalue weighted by Gasteiger charge is 2.31. The summed E-state index contributed by atoms with van der Waals surface area (Å²) in [6, 6.07) is 14.3. The summed E-state index contributed by atoms with van der Waals surface area (Å²) in [6.45, 7) is 0.709. The van der Waals surface area contributed by atoms with Gasteiger partial charge in [0.05, 0.1) is 11.6 Å². The van der Waals surface area contributed by atoms with Gasteiger partial charge in [0.2, 0.25) is 0 Å². The number of para-hydroxylation sites is 1.